The lowest BCUT2D eigenvalue weighted by molar-refractivity contribution is 0.617. The molecule has 0 unspecified atom stereocenters. The zero-order valence-corrected chi connectivity index (χ0v) is 12.8. The molecule has 0 saturated heterocycles. The lowest BCUT2D eigenvalue weighted by atomic mass is 9.84. The second-order valence-electron chi connectivity index (χ2n) is 5.98. The van der Waals surface area contributed by atoms with Gasteiger partial charge in [0.05, 0.1) is 5.39 Å². The summed E-state index contributed by atoms with van der Waals surface area (Å²) < 4.78 is 5.90. The predicted octanol–water partition coefficient (Wildman–Crippen LogP) is 4.92. The van der Waals surface area contributed by atoms with E-state index in [1.807, 2.05) is 54.6 Å². The van der Waals surface area contributed by atoms with Crippen LogP contribution in [0.25, 0.3) is 22.3 Å². The van der Waals surface area contributed by atoms with Gasteiger partial charge < -0.3 is 4.42 Å². The first-order chi connectivity index (χ1) is 10.5. The van der Waals surface area contributed by atoms with Crippen LogP contribution in [0.5, 0.6) is 0 Å². The normalized spacial score (nSPS) is 11.5. The van der Waals surface area contributed by atoms with Crippen molar-refractivity contribution in [2.24, 2.45) is 0 Å². The summed E-state index contributed by atoms with van der Waals surface area (Å²) >= 11 is 0. The maximum absolute atomic E-state index is 12.5. The average molecular weight is 290 g/mol. The van der Waals surface area contributed by atoms with E-state index in [-0.39, 0.29) is 10.8 Å². The largest absolute Gasteiger partial charge is 0.456 e. The SMILES string of the molecule is C=CC(C)(C)c1ccc2oc(-c3ccccc3)cc(=O)c2c1. The Labute approximate surface area is 129 Å². The van der Waals surface area contributed by atoms with Crippen LogP contribution >= 0.6 is 0 Å². The molecule has 2 heteroatoms. The topological polar surface area (TPSA) is 30.2 Å². The van der Waals surface area contributed by atoms with Gasteiger partial charge in [-0.15, -0.1) is 6.58 Å². The van der Waals surface area contributed by atoms with Gasteiger partial charge in [-0.25, -0.2) is 0 Å². The minimum absolute atomic E-state index is 0.0261. The quantitative estimate of drug-likeness (QED) is 0.641. The van der Waals surface area contributed by atoms with Gasteiger partial charge in [0.2, 0.25) is 0 Å². The van der Waals surface area contributed by atoms with Gasteiger partial charge in [-0.05, 0) is 17.7 Å². The van der Waals surface area contributed by atoms with E-state index in [1.165, 1.54) is 0 Å². The van der Waals surface area contributed by atoms with Gasteiger partial charge in [0, 0.05) is 17.0 Å². The van der Waals surface area contributed by atoms with Crippen LogP contribution in [-0.2, 0) is 5.41 Å². The Morgan fingerprint density at radius 1 is 1.05 bits per heavy atom. The van der Waals surface area contributed by atoms with E-state index in [1.54, 1.807) is 6.07 Å². The second kappa shape index (κ2) is 5.30. The first-order valence-corrected chi connectivity index (χ1v) is 7.29. The Morgan fingerprint density at radius 2 is 1.77 bits per heavy atom. The third-order valence-corrected chi connectivity index (χ3v) is 4.04. The number of rotatable bonds is 3. The molecule has 3 aromatic rings. The highest BCUT2D eigenvalue weighted by Gasteiger charge is 2.17. The smallest absolute Gasteiger partial charge is 0.193 e. The average Bonchev–Trinajstić information content (AvgIpc) is 2.55. The molecule has 0 aliphatic carbocycles. The highest BCUT2D eigenvalue weighted by atomic mass is 16.3. The van der Waals surface area contributed by atoms with Crippen molar-refractivity contribution in [3.8, 4) is 11.3 Å². The summed E-state index contributed by atoms with van der Waals surface area (Å²) in [6.07, 6.45) is 1.88. The number of hydrogen-bond donors (Lipinski definition) is 0. The Hall–Kier alpha value is -2.61. The summed E-state index contributed by atoms with van der Waals surface area (Å²) in [4.78, 5) is 12.5. The van der Waals surface area contributed by atoms with Gasteiger partial charge in [-0.1, -0.05) is 56.3 Å². The molecular formula is C20H18O2. The van der Waals surface area contributed by atoms with Gasteiger partial charge in [0.25, 0.3) is 0 Å². The highest BCUT2D eigenvalue weighted by Crippen LogP contribution is 2.28. The predicted molar refractivity (Wildman–Crippen MR) is 91.1 cm³/mol. The van der Waals surface area contributed by atoms with Crippen molar-refractivity contribution in [2.45, 2.75) is 19.3 Å². The maximum atomic E-state index is 12.5. The molecule has 0 aliphatic rings. The summed E-state index contributed by atoms with van der Waals surface area (Å²) in [5, 5.41) is 0.604. The van der Waals surface area contributed by atoms with Crippen LogP contribution in [0, 0.1) is 0 Å². The van der Waals surface area contributed by atoms with Crippen LogP contribution in [0.1, 0.15) is 19.4 Å². The number of benzene rings is 2. The molecule has 110 valence electrons. The minimum Gasteiger partial charge on any atom is -0.456 e. The molecule has 0 amide bonds. The van der Waals surface area contributed by atoms with Crippen molar-refractivity contribution in [1.82, 2.24) is 0 Å². The van der Waals surface area contributed by atoms with Crippen LogP contribution in [0.2, 0.25) is 0 Å². The summed E-state index contributed by atoms with van der Waals surface area (Å²) in [7, 11) is 0. The molecule has 0 fully saturated rings. The van der Waals surface area contributed by atoms with E-state index in [0.29, 0.717) is 16.7 Å². The maximum Gasteiger partial charge on any atom is 0.193 e. The van der Waals surface area contributed by atoms with Crippen molar-refractivity contribution in [1.29, 1.82) is 0 Å². The van der Waals surface area contributed by atoms with E-state index in [4.69, 9.17) is 4.42 Å². The van der Waals surface area contributed by atoms with Crippen molar-refractivity contribution in [2.75, 3.05) is 0 Å². The lowest BCUT2D eigenvalue weighted by Crippen LogP contribution is -2.13. The van der Waals surface area contributed by atoms with Crippen molar-refractivity contribution >= 4 is 11.0 Å². The Kier molecular flexibility index (Phi) is 3.45. The standard InChI is InChI=1S/C20H18O2/c1-4-20(2,3)15-10-11-18-16(12-15)17(21)13-19(22-18)14-8-6-5-7-9-14/h4-13H,1H2,2-3H3. The Bertz CT molecular complexity index is 886. The molecule has 3 rings (SSSR count). The van der Waals surface area contributed by atoms with Gasteiger partial charge in [0.1, 0.15) is 11.3 Å². The third kappa shape index (κ3) is 2.48. The number of allylic oxidation sites excluding steroid dienone is 1. The molecule has 1 heterocycles. The molecule has 0 radical (unpaired) electrons. The van der Waals surface area contributed by atoms with Crippen molar-refractivity contribution in [3.05, 3.63) is 83.0 Å². The van der Waals surface area contributed by atoms with Gasteiger partial charge >= 0.3 is 0 Å². The van der Waals surface area contributed by atoms with E-state index in [0.717, 1.165) is 11.1 Å². The summed E-state index contributed by atoms with van der Waals surface area (Å²) in [5.41, 5.74) is 2.35. The van der Waals surface area contributed by atoms with Gasteiger partial charge in [-0.2, -0.15) is 0 Å². The fourth-order valence-electron chi connectivity index (χ4n) is 2.42. The molecule has 0 spiro atoms. The monoisotopic (exact) mass is 290 g/mol. The van der Waals surface area contributed by atoms with E-state index < -0.39 is 0 Å². The fourth-order valence-corrected chi connectivity index (χ4v) is 2.42. The molecule has 0 bridgehead atoms. The summed E-state index contributed by atoms with van der Waals surface area (Å²) in [6, 6.07) is 17.0. The van der Waals surface area contributed by atoms with E-state index in [9.17, 15) is 4.79 Å². The third-order valence-electron chi connectivity index (χ3n) is 4.04. The van der Waals surface area contributed by atoms with Crippen LogP contribution in [0.15, 0.2) is 76.5 Å². The highest BCUT2D eigenvalue weighted by molar-refractivity contribution is 5.79. The van der Waals surface area contributed by atoms with Crippen LogP contribution < -0.4 is 5.43 Å². The first kappa shape index (κ1) is 14.3. The first-order valence-electron chi connectivity index (χ1n) is 7.29. The molecule has 2 nitrogen and oxygen atoms in total. The molecule has 1 aromatic heterocycles. The Morgan fingerprint density at radius 3 is 2.45 bits per heavy atom. The van der Waals surface area contributed by atoms with Crippen LogP contribution in [0.3, 0.4) is 0 Å². The van der Waals surface area contributed by atoms with Gasteiger partial charge in [-0.3, -0.25) is 4.79 Å². The number of fused-ring (bicyclic) bond motifs is 1. The van der Waals surface area contributed by atoms with E-state index >= 15 is 0 Å². The van der Waals surface area contributed by atoms with Crippen molar-refractivity contribution < 1.29 is 4.42 Å². The summed E-state index contributed by atoms with van der Waals surface area (Å²) in [6.45, 7) is 8.00. The molecule has 22 heavy (non-hydrogen) atoms. The fraction of sp³-hybridized carbons (Fsp3) is 0.150. The Balaban J connectivity index is 2.20. The van der Waals surface area contributed by atoms with Crippen LogP contribution in [0.4, 0.5) is 0 Å². The lowest BCUT2D eigenvalue weighted by Gasteiger charge is -2.20. The molecule has 0 aliphatic heterocycles. The van der Waals surface area contributed by atoms with E-state index in [2.05, 4.69) is 20.4 Å². The van der Waals surface area contributed by atoms with Gasteiger partial charge in [0.15, 0.2) is 5.43 Å². The molecular weight excluding hydrogens is 272 g/mol. The summed E-state index contributed by atoms with van der Waals surface area (Å²) in [5.74, 6) is 0.592. The minimum atomic E-state index is -0.182. The van der Waals surface area contributed by atoms with Crippen molar-refractivity contribution in [3.63, 3.8) is 0 Å². The zero-order chi connectivity index (χ0) is 15.7. The number of hydrogen-bond acceptors (Lipinski definition) is 2. The molecule has 2 aromatic carbocycles. The molecule has 0 N–H and O–H groups in total. The second-order valence-corrected chi connectivity index (χ2v) is 5.98. The molecule has 0 saturated carbocycles. The van der Waals surface area contributed by atoms with Crippen LogP contribution in [-0.4, -0.2) is 0 Å². The molecule has 0 atom stereocenters. The zero-order valence-electron chi connectivity index (χ0n) is 12.8.